The third-order valence-electron chi connectivity index (χ3n) is 3.28. The number of aryl methyl sites for hydroxylation is 1. The zero-order valence-corrected chi connectivity index (χ0v) is 11.7. The van der Waals surface area contributed by atoms with Gasteiger partial charge in [-0.05, 0) is 30.7 Å². The molecule has 0 saturated heterocycles. The summed E-state index contributed by atoms with van der Waals surface area (Å²) in [5.74, 6) is -0.174. The van der Waals surface area contributed by atoms with E-state index in [1.165, 1.54) is 0 Å². The van der Waals surface area contributed by atoms with E-state index >= 15 is 0 Å². The molecule has 4 nitrogen and oxygen atoms in total. The van der Waals surface area contributed by atoms with E-state index in [-0.39, 0.29) is 5.91 Å². The number of nitrogens with zero attached hydrogens (tertiary/aromatic N) is 2. The van der Waals surface area contributed by atoms with Crippen LogP contribution in [0.3, 0.4) is 0 Å². The van der Waals surface area contributed by atoms with Crippen molar-refractivity contribution < 1.29 is 4.79 Å². The van der Waals surface area contributed by atoms with Crippen molar-refractivity contribution in [2.75, 3.05) is 0 Å². The van der Waals surface area contributed by atoms with Crippen molar-refractivity contribution in [1.29, 1.82) is 0 Å². The molecule has 0 atom stereocenters. The Labute approximate surface area is 122 Å². The highest BCUT2D eigenvalue weighted by Gasteiger charge is 2.08. The standard InChI is InChI=1S/C17H15N3O/c1-12-5-2-9-15(20-12)17(21)19-11-14-7-3-6-13-8-4-10-18-16(13)14/h2-10H,11H2,1H3,(H,19,21). The number of benzene rings is 1. The van der Waals surface area contributed by atoms with Crippen LogP contribution in [0.1, 0.15) is 21.7 Å². The molecule has 0 saturated carbocycles. The van der Waals surface area contributed by atoms with Gasteiger partial charge in [-0.2, -0.15) is 0 Å². The van der Waals surface area contributed by atoms with Crippen LogP contribution in [0.4, 0.5) is 0 Å². The minimum atomic E-state index is -0.174. The second kappa shape index (κ2) is 5.71. The fraction of sp³-hybridized carbons (Fsp3) is 0.118. The largest absolute Gasteiger partial charge is 0.347 e. The van der Waals surface area contributed by atoms with Crippen LogP contribution >= 0.6 is 0 Å². The maximum absolute atomic E-state index is 12.1. The summed E-state index contributed by atoms with van der Waals surface area (Å²) in [5, 5.41) is 3.96. The van der Waals surface area contributed by atoms with Gasteiger partial charge in [-0.25, -0.2) is 4.98 Å². The summed E-state index contributed by atoms with van der Waals surface area (Å²) in [6.45, 7) is 2.30. The van der Waals surface area contributed by atoms with Crippen LogP contribution in [-0.2, 0) is 6.54 Å². The predicted molar refractivity (Wildman–Crippen MR) is 81.9 cm³/mol. The van der Waals surface area contributed by atoms with Crippen molar-refractivity contribution in [3.63, 3.8) is 0 Å². The molecule has 104 valence electrons. The second-order valence-electron chi connectivity index (χ2n) is 4.84. The number of rotatable bonds is 3. The Kier molecular flexibility index (Phi) is 3.60. The Morgan fingerprint density at radius 3 is 2.76 bits per heavy atom. The molecule has 1 N–H and O–H groups in total. The van der Waals surface area contributed by atoms with Gasteiger partial charge in [-0.3, -0.25) is 9.78 Å². The molecular weight excluding hydrogens is 262 g/mol. The zero-order valence-electron chi connectivity index (χ0n) is 11.7. The Balaban J connectivity index is 1.79. The third kappa shape index (κ3) is 2.89. The molecule has 0 bridgehead atoms. The Morgan fingerprint density at radius 1 is 1.10 bits per heavy atom. The van der Waals surface area contributed by atoms with Gasteiger partial charge in [0, 0.05) is 23.8 Å². The van der Waals surface area contributed by atoms with Crippen molar-refractivity contribution in [3.05, 3.63) is 71.7 Å². The third-order valence-corrected chi connectivity index (χ3v) is 3.28. The van der Waals surface area contributed by atoms with Gasteiger partial charge in [0.2, 0.25) is 0 Å². The van der Waals surface area contributed by atoms with Gasteiger partial charge in [0.25, 0.3) is 5.91 Å². The van der Waals surface area contributed by atoms with E-state index in [0.29, 0.717) is 12.2 Å². The fourth-order valence-corrected chi connectivity index (χ4v) is 2.25. The van der Waals surface area contributed by atoms with Gasteiger partial charge in [-0.1, -0.05) is 30.3 Å². The molecule has 0 aliphatic rings. The van der Waals surface area contributed by atoms with Gasteiger partial charge >= 0.3 is 0 Å². The van der Waals surface area contributed by atoms with E-state index in [4.69, 9.17) is 0 Å². The van der Waals surface area contributed by atoms with Crippen LogP contribution in [0.25, 0.3) is 10.9 Å². The first-order chi connectivity index (χ1) is 10.2. The van der Waals surface area contributed by atoms with Crippen molar-refractivity contribution in [1.82, 2.24) is 15.3 Å². The SMILES string of the molecule is Cc1cccc(C(=O)NCc2cccc3cccnc23)n1. The van der Waals surface area contributed by atoms with Crippen molar-refractivity contribution in [2.24, 2.45) is 0 Å². The lowest BCUT2D eigenvalue weighted by atomic mass is 10.1. The van der Waals surface area contributed by atoms with Crippen LogP contribution in [0.15, 0.2) is 54.7 Å². The quantitative estimate of drug-likeness (QED) is 0.801. The van der Waals surface area contributed by atoms with E-state index in [9.17, 15) is 4.79 Å². The van der Waals surface area contributed by atoms with Gasteiger partial charge in [0.05, 0.1) is 5.52 Å². The summed E-state index contributed by atoms with van der Waals surface area (Å²) in [4.78, 5) is 20.7. The Hall–Kier alpha value is -2.75. The molecule has 2 heterocycles. The number of nitrogens with one attached hydrogen (secondary N) is 1. The maximum atomic E-state index is 12.1. The minimum Gasteiger partial charge on any atom is -0.347 e. The molecular formula is C17H15N3O. The Bertz CT molecular complexity index is 793. The summed E-state index contributed by atoms with van der Waals surface area (Å²) < 4.78 is 0. The molecule has 0 unspecified atom stereocenters. The van der Waals surface area contributed by atoms with Crippen LogP contribution in [0, 0.1) is 6.92 Å². The smallest absolute Gasteiger partial charge is 0.270 e. The highest BCUT2D eigenvalue weighted by molar-refractivity contribution is 5.92. The summed E-state index contributed by atoms with van der Waals surface area (Å²) in [5.41, 5.74) is 3.17. The summed E-state index contributed by atoms with van der Waals surface area (Å²) in [7, 11) is 0. The highest BCUT2D eigenvalue weighted by Crippen LogP contribution is 2.15. The van der Waals surface area contributed by atoms with Gasteiger partial charge in [0.1, 0.15) is 5.69 Å². The molecule has 0 fully saturated rings. The Morgan fingerprint density at radius 2 is 1.90 bits per heavy atom. The lowest BCUT2D eigenvalue weighted by Gasteiger charge is -2.07. The molecule has 0 radical (unpaired) electrons. The van der Waals surface area contributed by atoms with Gasteiger partial charge in [-0.15, -0.1) is 0 Å². The summed E-state index contributed by atoms with van der Waals surface area (Å²) in [6.07, 6.45) is 1.76. The maximum Gasteiger partial charge on any atom is 0.270 e. The van der Waals surface area contributed by atoms with E-state index < -0.39 is 0 Å². The minimum absolute atomic E-state index is 0.174. The number of hydrogen-bond donors (Lipinski definition) is 1. The first kappa shape index (κ1) is 13.2. The average molecular weight is 277 g/mol. The van der Waals surface area contributed by atoms with E-state index in [0.717, 1.165) is 22.2 Å². The van der Waals surface area contributed by atoms with Crippen LogP contribution < -0.4 is 5.32 Å². The van der Waals surface area contributed by atoms with Crippen LogP contribution in [0.5, 0.6) is 0 Å². The topological polar surface area (TPSA) is 54.9 Å². The van der Waals surface area contributed by atoms with Crippen molar-refractivity contribution >= 4 is 16.8 Å². The average Bonchev–Trinajstić information content (AvgIpc) is 2.52. The zero-order chi connectivity index (χ0) is 14.7. The number of aromatic nitrogens is 2. The number of hydrogen-bond acceptors (Lipinski definition) is 3. The first-order valence-electron chi connectivity index (χ1n) is 6.78. The summed E-state index contributed by atoms with van der Waals surface area (Å²) in [6, 6.07) is 15.3. The molecule has 21 heavy (non-hydrogen) atoms. The van der Waals surface area contributed by atoms with Gasteiger partial charge < -0.3 is 5.32 Å². The lowest BCUT2D eigenvalue weighted by molar-refractivity contribution is 0.0946. The molecule has 4 heteroatoms. The number of para-hydroxylation sites is 1. The molecule has 0 aliphatic carbocycles. The molecule has 3 aromatic rings. The fourth-order valence-electron chi connectivity index (χ4n) is 2.25. The highest BCUT2D eigenvalue weighted by atomic mass is 16.1. The van der Waals surface area contributed by atoms with E-state index in [1.807, 2.05) is 49.4 Å². The number of fused-ring (bicyclic) bond motifs is 1. The molecule has 3 rings (SSSR count). The van der Waals surface area contributed by atoms with Crippen LogP contribution in [-0.4, -0.2) is 15.9 Å². The monoisotopic (exact) mass is 277 g/mol. The number of carbonyl (C=O) groups is 1. The van der Waals surface area contributed by atoms with Gasteiger partial charge in [0.15, 0.2) is 0 Å². The first-order valence-corrected chi connectivity index (χ1v) is 6.78. The van der Waals surface area contributed by atoms with Crippen molar-refractivity contribution in [3.8, 4) is 0 Å². The molecule has 0 spiro atoms. The predicted octanol–water partition coefficient (Wildman–Crippen LogP) is 2.87. The normalized spacial score (nSPS) is 10.5. The van der Waals surface area contributed by atoms with Crippen molar-refractivity contribution in [2.45, 2.75) is 13.5 Å². The lowest BCUT2D eigenvalue weighted by Crippen LogP contribution is -2.24. The van der Waals surface area contributed by atoms with E-state index in [2.05, 4.69) is 15.3 Å². The van der Waals surface area contributed by atoms with E-state index in [1.54, 1.807) is 12.3 Å². The molecule has 0 aliphatic heterocycles. The number of amides is 1. The summed E-state index contributed by atoms with van der Waals surface area (Å²) >= 11 is 0. The van der Waals surface area contributed by atoms with Crippen LogP contribution in [0.2, 0.25) is 0 Å². The molecule has 1 amide bonds. The number of pyridine rings is 2. The molecule has 2 aromatic heterocycles. The second-order valence-corrected chi connectivity index (χ2v) is 4.84. The number of carbonyl (C=O) groups excluding carboxylic acids is 1. The molecule has 1 aromatic carbocycles.